The SMILES string of the molecule is COC[C@H]1CN(C)c2c(F)cccc2O1. The number of likely N-dealkylation sites (N-methyl/N-ethyl adjacent to an activating group) is 1. The van der Waals surface area contributed by atoms with Gasteiger partial charge < -0.3 is 14.4 Å². The summed E-state index contributed by atoms with van der Waals surface area (Å²) in [5, 5.41) is 0. The zero-order valence-electron chi connectivity index (χ0n) is 8.87. The maximum Gasteiger partial charge on any atom is 0.150 e. The summed E-state index contributed by atoms with van der Waals surface area (Å²) in [4.78, 5) is 1.86. The standard InChI is InChI=1S/C11H14FNO2/c1-13-6-8(7-14-2)15-10-5-3-4-9(12)11(10)13/h3-5,8H,6-7H2,1-2H3/t8-/m1/s1. The van der Waals surface area contributed by atoms with Crippen LogP contribution in [0.3, 0.4) is 0 Å². The lowest BCUT2D eigenvalue weighted by atomic mass is 10.2. The molecule has 15 heavy (non-hydrogen) atoms. The molecule has 4 heteroatoms. The van der Waals surface area contributed by atoms with Gasteiger partial charge in [-0.2, -0.15) is 0 Å². The van der Waals surface area contributed by atoms with Crippen LogP contribution in [0.2, 0.25) is 0 Å². The monoisotopic (exact) mass is 211 g/mol. The van der Waals surface area contributed by atoms with E-state index in [0.29, 0.717) is 24.6 Å². The minimum absolute atomic E-state index is 0.0331. The average Bonchev–Trinajstić information content (AvgIpc) is 2.17. The molecular formula is C11H14FNO2. The van der Waals surface area contributed by atoms with Crippen LogP contribution in [0, 0.1) is 5.82 Å². The van der Waals surface area contributed by atoms with E-state index in [1.165, 1.54) is 6.07 Å². The van der Waals surface area contributed by atoms with E-state index >= 15 is 0 Å². The number of para-hydroxylation sites is 1. The zero-order valence-corrected chi connectivity index (χ0v) is 8.87. The Balaban J connectivity index is 2.28. The number of hydrogen-bond acceptors (Lipinski definition) is 3. The van der Waals surface area contributed by atoms with Gasteiger partial charge in [-0.15, -0.1) is 0 Å². The number of ether oxygens (including phenoxy) is 2. The molecule has 0 saturated heterocycles. The van der Waals surface area contributed by atoms with Gasteiger partial charge in [-0.25, -0.2) is 4.39 Å². The van der Waals surface area contributed by atoms with E-state index in [1.54, 1.807) is 19.2 Å². The lowest BCUT2D eigenvalue weighted by molar-refractivity contribution is 0.0796. The van der Waals surface area contributed by atoms with Gasteiger partial charge in [-0.3, -0.25) is 0 Å². The fourth-order valence-electron chi connectivity index (χ4n) is 1.85. The largest absolute Gasteiger partial charge is 0.484 e. The summed E-state index contributed by atoms with van der Waals surface area (Å²) in [5.41, 5.74) is 0.532. The quantitative estimate of drug-likeness (QED) is 0.742. The molecule has 1 aliphatic heterocycles. The highest BCUT2D eigenvalue weighted by Crippen LogP contribution is 2.34. The Bertz CT molecular complexity index is 356. The first-order valence-corrected chi connectivity index (χ1v) is 4.87. The van der Waals surface area contributed by atoms with Crippen molar-refractivity contribution in [1.82, 2.24) is 0 Å². The summed E-state index contributed by atoms with van der Waals surface area (Å²) >= 11 is 0. The second-order valence-corrected chi connectivity index (χ2v) is 3.66. The van der Waals surface area contributed by atoms with Crippen molar-refractivity contribution in [2.45, 2.75) is 6.10 Å². The van der Waals surface area contributed by atoms with Crippen molar-refractivity contribution in [3.63, 3.8) is 0 Å². The summed E-state index contributed by atoms with van der Waals surface area (Å²) in [6.45, 7) is 1.15. The third kappa shape index (κ3) is 1.90. The molecule has 2 rings (SSSR count). The number of rotatable bonds is 2. The smallest absolute Gasteiger partial charge is 0.150 e. The first-order chi connectivity index (χ1) is 7.22. The van der Waals surface area contributed by atoms with Crippen molar-refractivity contribution >= 4 is 5.69 Å². The van der Waals surface area contributed by atoms with E-state index in [-0.39, 0.29) is 11.9 Å². The molecule has 1 aromatic rings. The number of hydrogen-bond donors (Lipinski definition) is 0. The van der Waals surface area contributed by atoms with Crippen LogP contribution in [0.5, 0.6) is 5.75 Å². The van der Waals surface area contributed by atoms with Crippen molar-refractivity contribution in [2.75, 3.05) is 32.2 Å². The van der Waals surface area contributed by atoms with E-state index in [1.807, 2.05) is 11.9 Å². The summed E-state index contributed by atoms with van der Waals surface area (Å²) in [5.74, 6) is 0.344. The second-order valence-electron chi connectivity index (χ2n) is 3.66. The molecule has 0 aliphatic carbocycles. The van der Waals surface area contributed by atoms with E-state index in [4.69, 9.17) is 9.47 Å². The number of methoxy groups -OCH3 is 1. The molecule has 0 N–H and O–H groups in total. The highest BCUT2D eigenvalue weighted by Gasteiger charge is 2.25. The van der Waals surface area contributed by atoms with E-state index in [9.17, 15) is 4.39 Å². The molecule has 0 saturated carbocycles. The summed E-state index contributed by atoms with van der Waals surface area (Å²) in [6, 6.07) is 4.86. The minimum atomic E-state index is -0.245. The van der Waals surface area contributed by atoms with Crippen molar-refractivity contribution in [2.24, 2.45) is 0 Å². The number of fused-ring (bicyclic) bond motifs is 1. The van der Waals surface area contributed by atoms with Crippen LogP contribution in [0.1, 0.15) is 0 Å². The van der Waals surface area contributed by atoms with Crippen LogP contribution < -0.4 is 9.64 Å². The van der Waals surface area contributed by atoms with E-state index < -0.39 is 0 Å². The van der Waals surface area contributed by atoms with Crippen LogP contribution in [-0.2, 0) is 4.74 Å². The first-order valence-electron chi connectivity index (χ1n) is 4.87. The number of halogens is 1. The van der Waals surface area contributed by atoms with E-state index in [2.05, 4.69) is 0 Å². The molecule has 1 aromatic carbocycles. The first kappa shape index (κ1) is 10.2. The Hall–Kier alpha value is -1.29. The van der Waals surface area contributed by atoms with Crippen molar-refractivity contribution in [3.05, 3.63) is 24.0 Å². The predicted octanol–water partition coefficient (Wildman–Crippen LogP) is 1.67. The van der Waals surface area contributed by atoms with Gasteiger partial charge in [0.05, 0.1) is 13.2 Å². The van der Waals surface area contributed by atoms with Gasteiger partial charge in [0.15, 0.2) is 0 Å². The van der Waals surface area contributed by atoms with Gasteiger partial charge in [-0.05, 0) is 12.1 Å². The molecule has 1 heterocycles. The minimum Gasteiger partial charge on any atom is -0.484 e. The van der Waals surface area contributed by atoms with Crippen molar-refractivity contribution < 1.29 is 13.9 Å². The maximum atomic E-state index is 13.5. The molecule has 1 atom stereocenters. The van der Waals surface area contributed by atoms with Gasteiger partial charge in [0.2, 0.25) is 0 Å². The van der Waals surface area contributed by atoms with Crippen molar-refractivity contribution in [3.8, 4) is 5.75 Å². The lowest BCUT2D eigenvalue weighted by Crippen LogP contribution is -2.40. The topological polar surface area (TPSA) is 21.7 Å². The molecule has 0 bridgehead atoms. The van der Waals surface area contributed by atoms with Crippen LogP contribution in [0.15, 0.2) is 18.2 Å². The van der Waals surface area contributed by atoms with Gasteiger partial charge in [0.1, 0.15) is 23.4 Å². The average molecular weight is 211 g/mol. The van der Waals surface area contributed by atoms with Crippen molar-refractivity contribution in [1.29, 1.82) is 0 Å². The predicted molar refractivity (Wildman–Crippen MR) is 56.0 cm³/mol. The summed E-state index contributed by atoms with van der Waals surface area (Å²) < 4.78 is 24.1. The van der Waals surface area contributed by atoms with Gasteiger partial charge in [-0.1, -0.05) is 6.07 Å². The van der Waals surface area contributed by atoms with Crippen LogP contribution in [0.25, 0.3) is 0 Å². The number of nitrogens with zero attached hydrogens (tertiary/aromatic N) is 1. The fraction of sp³-hybridized carbons (Fsp3) is 0.455. The van der Waals surface area contributed by atoms with Crippen LogP contribution in [0.4, 0.5) is 10.1 Å². The Labute approximate surface area is 88.4 Å². The summed E-state index contributed by atoms with van der Waals surface area (Å²) in [6.07, 6.45) is -0.0331. The normalized spacial score (nSPS) is 19.7. The fourth-order valence-corrected chi connectivity index (χ4v) is 1.85. The maximum absolute atomic E-state index is 13.5. The third-order valence-corrected chi connectivity index (χ3v) is 2.46. The van der Waals surface area contributed by atoms with Gasteiger partial charge in [0.25, 0.3) is 0 Å². The Morgan fingerprint density at radius 3 is 3.13 bits per heavy atom. The molecule has 1 aliphatic rings. The highest BCUT2D eigenvalue weighted by molar-refractivity contribution is 5.60. The Morgan fingerprint density at radius 1 is 1.60 bits per heavy atom. The number of anilines is 1. The molecule has 0 amide bonds. The molecule has 0 spiro atoms. The Kier molecular flexibility index (Phi) is 2.77. The molecule has 0 radical (unpaired) electrons. The lowest BCUT2D eigenvalue weighted by Gasteiger charge is -2.33. The zero-order chi connectivity index (χ0) is 10.8. The Morgan fingerprint density at radius 2 is 2.40 bits per heavy atom. The molecule has 0 aromatic heterocycles. The summed E-state index contributed by atoms with van der Waals surface area (Å²) in [7, 11) is 3.48. The second kappa shape index (κ2) is 4.06. The molecule has 0 unspecified atom stereocenters. The van der Waals surface area contributed by atoms with Crippen LogP contribution >= 0.6 is 0 Å². The third-order valence-electron chi connectivity index (χ3n) is 2.46. The highest BCUT2D eigenvalue weighted by atomic mass is 19.1. The molecule has 0 fully saturated rings. The van der Waals surface area contributed by atoms with Gasteiger partial charge >= 0.3 is 0 Å². The molecule has 3 nitrogen and oxygen atoms in total. The van der Waals surface area contributed by atoms with Gasteiger partial charge in [0, 0.05) is 14.2 Å². The van der Waals surface area contributed by atoms with E-state index in [0.717, 1.165) is 0 Å². The van der Waals surface area contributed by atoms with Crippen LogP contribution in [-0.4, -0.2) is 33.4 Å². The molecule has 82 valence electrons. The number of benzene rings is 1. The molecular weight excluding hydrogens is 197 g/mol.